The minimum absolute atomic E-state index is 0.0206. The summed E-state index contributed by atoms with van der Waals surface area (Å²) < 4.78 is 44.4. The first-order valence-corrected chi connectivity index (χ1v) is 27.8. The molecule has 1 aliphatic carbocycles. The summed E-state index contributed by atoms with van der Waals surface area (Å²) in [4.78, 5) is 9.76. The number of nitrogens with zero attached hydrogens (tertiary/aromatic N) is 4. The van der Waals surface area contributed by atoms with Crippen molar-refractivity contribution >= 4 is 44.6 Å². The highest BCUT2D eigenvalue weighted by molar-refractivity contribution is 6.09. The van der Waals surface area contributed by atoms with Crippen LogP contribution in [0.5, 0.6) is 11.5 Å². The van der Waals surface area contributed by atoms with Crippen molar-refractivity contribution < 1.29 is 10.2 Å². The van der Waals surface area contributed by atoms with E-state index in [4.69, 9.17) is 13.8 Å². The SMILES string of the molecule is [2H]c1c([2H])c([2H])c2c(c1[2H])c1ccc(Oc3cccc(N4CN(c5c(-c6ccc7c(c6)C(C)(C)CCC7(C)C)cc(C(C)(C)C)cc5-c5ccc(C(C)(C)C)cc5C(C)(C)C)c5ccccc54)c3)cc1n2-c1cc(C(C)(C)C)ccn1. The first-order chi connectivity index (χ1) is 37.8. The van der Waals surface area contributed by atoms with Gasteiger partial charge in [-0.15, -0.1) is 0 Å². The fourth-order valence-electron chi connectivity index (χ4n) is 11.9. The number of pyridine rings is 1. The van der Waals surface area contributed by atoms with Crippen LogP contribution in [0.2, 0.25) is 0 Å². The van der Waals surface area contributed by atoms with Crippen LogP contribution in [0.4, 0.5) is 22.7 Å². The molecule has 11 rings (SSSR count). The predicted molar refractivity (Wildman–Crippen MR) is 328 cm³/mol. The molecule has 5 heteroatoms. The van der Waals surface area contributed by atoms with Gasteiger partial charge in [-0.1, -0.05) is 184 Å². The zero-order valence-corrected chi connectivity index (χ0v) is 48.5. The van der Waals surface area contributed by atoms with Crippen molar-refractivity contribution in [3.8, 4) is 39.6 Å². The number of ether oxygens (including phenoxy) is 1. The lowest BCUT2D eigenvalue weighted by atomic mass is 9.63. The first kappa shape index (κ1) is 47.1. The maximum Gasteiger partial charge on any atom is 0.137 e. The molecule has 0 fully saturated rings. The Morgan fingerprint density at radius 3 is 1.86 bits per heavy atom. The van der Waals surface area contributed by atoms with E-state index >= 15 is 0 Å². The number of fused-ring (bicyclic) bond motifs is 5. The minimum Gasteiger partial charge on any atom is -0.457 e. The number of hydrogen-bond acceptors (Lipinski definition) is 4. The topological polar surface area (TPSA) is 33.5 Å². The zero-order chi connectivity index (χ0) is 58.3. The molecule has 2 aliphatic rings. The summed E-state index contributed by atoms with van der Waals surface area (Å²) in [7, 11) is 0. The van der Waals surface area contributed by atoms with Gasteiger partial charge >= 0.3 is 0 Å². The lowest BCUT2D eigenvalue weighted by Gasteiger charge is -2.42. The summed E-state index contributed by atoms with van der Waals surface area (Å²) in [5, 5.41) is 1.13. The van der Waals surface area contributed by atoms with E-state index in [0.29, 0.717) is 45.8 Å². The Balaban J connectivity index is 1.08. The molecule has 9 aromatic rings. The fourth-order valence-corrected chi connectivity index (χ4v) is 11.9. The van der Waals surface area contributed by atoms with Gasteiger partial charge in [0.2, 0.25) is 0 Å². The lowest BCUT2D eigenvalue weighted by Crippen LogP contribution is -2.33. The second-order valence-electron chi connectivity index (χ2n) is 27.4. The molecular formula is C72H80N4O. The van der Waals surface area contributed by atoms with Crippen LogP contribution in [0.15, 0.2) is 158 Å². The van der Waals surface area contributed by atoms with Gasteiger partial charge in [0.15, 0.2) is 0 Å². The van der Waals surface area contributed by atoms with Gasteiger partial charge < -0.3 is 14.5 Å². The molecule has 0 saturated carbocycles. The average Bonchev–Trinajstić information content (AvgIpc) is 4.12. The van der Waals surface area contributed by atoms with Crippen molar-refractivity contribution in [2.75, 3.05) is 16.5 Å². The van der Waals surface area contributed by atoms with Crippen molar-refractivity contribution in [1.82, 2.24) is 9.55 Å². The van der Waals surface area contributed by atoms with Gasteiger partial charge in [0, 0.05) is 45.9 Å². The summed E-state index contributed by atoms with van der Waals surface area (Å²) in [6.45, 7) is 37.7. The third kappa shape index (κ3) is 9.42. The predicted octanol–water partition coefficient (Wildman–Crippen LogP) is 20.1. The maximum atomic E-state index is 9.17. The smallest absolute Gasteiger partial charge is 0.137 e. The zero-order valence-electron chi connectivity index (χ0n) is 52.5. The van der Waals surface area contributed by atoms with Crippen molar-refractivity contribution in [2.45, 2.75) is 156 Å². The van der Waals surface area contributed by atoms with Crippen molar-refractivity contribution in [3.05, 3.63) is 191 Å². The normalized spacial score (nSPS) is 16.3. The molecule has 0 spiro atoms. The molecule has 0 amide bonds. The van der Waals surface area contributed by atoms with Crippen LogP contribution in [0.1, 0.15) is 162 Å². The molecule has 1 aliphatic heterocycles. The van der Waals surface area contributed by atoms with Crippen molar-refractivity contribution in [1.29, 1.82) is 0 Å². The third-order valence-electron chi connectivity index (χ3n) is 16.7. The fraction of sp³-hybridized carbons (Fsp3) is 0.347. The summed E-state index contributed by atoms with van der Waals surface area (Å²) in [6.07, 6.45) is 4.06. The summed E-state index contributed by atoms with van der Waals surface area (Å²) in [5.41, 5.74) is 17.8. The number of aromatic nitrogens is 2. The Morgan fingerprint density at radius 1 is 0.506 bits per heavy atom. The molecule has 0 bridgehead atoms. The van der Waals surface area contributed by atoms with Gasteiger partial charge in [-0.25, -0.2) is 4.98 Å². The summed E-state index contributed by atoms with van der Waals surface area (Å²) in [6, 6.07) is 45.7. The average molecular weight is 1020 g/mol. The van der Waals surface area contributed by atoms with Crippen LogP contribution in [-0.2, 0) is 32.5 Å². The molecule has 0 N–H and O–H groups in total. The quantitative estimate of drug-likeness (QED) is 0.159. The molecule has 77 heavy (non-hydrogen) atoms. The van der Waals surface area contributed by atoms with Gasteiger partial charge in [0.05, 0.1) is 33.6 Å². The summed E-state index contributed by atoms with van der Waals surface area (Å²) in [5.74, 6) is 1.78. The van der Waals surface area contributed by atoms with Gasteiger partial charge in [-0.05, 0) is 157 Å². The molecule has 5 nitrogen and oxygen atoms in total. The van der Waals surface area contributed by atoms with Crippen LogP contribution < -0.4 is 14.5 Å². The first-order valence-electron chi connectivity index (χ1n) is 29.8. The van der Waals surface area contributed by atoms with E-state index < -0.39 is 0 Å². The molecule has 2 aromatic heterocycles. The number of para-hydroxylation sites is 3. The number of benzene rings is 7. The van der Waals surface area contributed by atoms with Crippen LogP contribution >= 0.6 is 0 Å². The molecule has 0 radical (unpaired) electrons. The van der Waals surface area contributed by atoms with E-state index in [1.807, 2.05) is 41.0 Å². The van der Waals surface area contributed by atoms with Gasteiger partial charge in [-0.2, -0.15) is 0 Å². The van der Waals surface area contributed by atoms with E-state index in [9.17, 15) is 1.37 Å². The number of hydrogen-bond donors (Lipinski definition) is 0. The van der Waals surface area contributed by atoms with Gasteiger partial charge in [0.1, 0.15) is 24.0 Å². The molecule has 7 aromatic carbocycles. The van der Waals surface area contributed by atoms with Crippen LogP contribution in [0.3, 0.4) is 0 Å². The molecule has 0 unspecified atom stereocenters. The summed E-state index contributed by atoms with van der Waals surface area (Å²) >= 11 is 0. The highest BCUT2D eigenvalue weighted by atomic mass is 16.5. The van der Waals surface area contributed by atoms with Crippen LogP contribution in [0, 0.1) is 0 Å². The van der Waals surface area contributed by atoms with Crippen LogP contribution in [-0.4, -0.2) is 16.2 Å². The maximum absolute atomic E-state index is 9.17. The molecule has 0 saturated heterocycles. The molecule has 3 heterocycles. The Morgan fingerprint density at radius 2 is 1.16 bits per heavy atom. The molecule has 0 atom stereocenters. The largest absolute Gasteiger partial charge is 0.457 e. The Labute approximate surface area is 465 Å². The number of anilines is 4. The second-order valence-corrected chi connectivity index (χ2v) is 27.4. The lowest BCUT2D eigenvalue weighted by molar-refractivity contribution is 0.332. The standard InChI is InChI=1S/C72H80N4O/c1-67(2,3)47-29-31-53(59(41-47)70(10,11)12)57-40-49(69(7,8)9)39-56(46-28-33-58-60(38-46)72(15,16)36-35-71(58,13)14)66(57)75-45-74(62-26-19-20-27-63(62)75)50-22-21-23-51(43-50)77-52-30-32-55-54-24-17-18-25-61(54)76(64(55)44-52)65-42-48(34-37-73-65)68(4,5)6/h17-34,37-44H,35-36,45H2,1-16H3/i17D,18D,24D,25D. The van der Waals surface area contributed by atoms with E-state index in [1.165, 1.54) is 55.8 Å². The van der Waals surface area contributed by atoms with E-state index in [2.05, 4.69) is 212 Å². The van der Waals surface area contributed by atoms with E-state index in [1.54, 1.807) is 6.20 Å². The Hall–Kier alpha value is -7.11. The highest BCUT2D eigenvalue weighted by Crippen LogP contribution is 2.55. The number of rotatable bonds is 7. The monoisotopic (exact) mass is 1020 g/mol. The minimum atomic E-state index is -0.288. The molecular weight excluding hydrogens is 937 g/mol. The Bertz CT molecular complexity index is 4010. The van der Waals surface area contributed by atoms with Crippen LogP contribution in [0.25, 0.3) is 49.9 Å². The molecule has 394 valence electrons. The highest BCUT2D eigenvalue weighted by Gasteiger charge is 2.39. The van der Waals surface area contributed by atoms with Crippen molar-refractivity contribution in [2.24, 2.45) is 0 Å². The third-order valence-corrected chi connectivity index (χ3v) is 16.7. The van der Waals surface area contributed by atoms with Gasteiger partial charge in [0.25, 0.3) is 0 Å². The second kappa shape index (κ2) is 18.3. The van der Waals surface area contributed by atoms with Gasteiger partial charge in [-0.3, -0.25) is 4.57 Å². The van der Waals surface area contributed by atoms with Crippen molar-refractivity contribution in [3.63, 3.8) is 0 Å². The Kier molecular flexibility index (Phi) is 11.2. The van der Waals surface area contributed by atoms with E-state index in [0.717, 1.165) is 35.5 Å². The van der Waals surface area contributed by atoms with E-state index in [-0.39, 0.29) is 56.7 Å².